The van der Waals surface area contributed by atoms with Crippen LogP contribution in [0.25, 0.3) is 0 Å². The van der Waals surface area contributed by atoms with Crippen LogP contribution in [0.4, 0.5) is 0 Å². The average molecular weight is 246 g/mol. The topological polar surface area (TPSA) is 3.24 Å². The van der Waals surface area contributed by atoms with Crippen molar-refractivity contribution in [2.24, 2.45) is 0 Å². The lowest BCUT2D eigenvalue weighted by molar-refractivity contribution is 0.311. The summed E-state index contributed by atoms with van der Waals surface area (Å²) in [6.45, 7) is 2.87. The summed E-state index contributed by atoms with van der Waals surface area (Å²) in [6, 6.07) is 10.5. The molecular weight excluding hydrogens is 229 g/mol. The molecule has 15 heavy (non-hydrogen) atoms. The van der Waals surface area contributed by atoms with E-state index in [0.717, 1.165) is 26.1 Å². The highest BCUT2D eigenvalue weighted by Crippen LogP contribution is 2.02. The molecule has 0 saturated heterocycles. The molecule has 1 aromatic carbocycles. The fourth-order valence-corrected chi connectivity index (χ4v) is 1.98. The maximum atomic E-state index is 5.73. The van der Waals surface area contributed by atoms with E-state index < -0.39 is 0 Å². The summed E-state index contributed by atoms with van der Waals surface area (Å²) in [7, 11) is 0. The van der Waals surface area contributed by atoms with Crippen molar-refractivity contribution in [2.75, 3.05) is 31.4 Å². The van der Waals surface area contributed by atoms with Gasteiger partial charge in [-0.1, -0.05) is 30.3 Å². The van der Waals surface area contributed by atoms with Gasteiger partial charge in [0.25, 0.3) is 0 Å². The van der Waals surface area contributed by atoms with Gasteiger partial charge in [0.1, 0.15) is 0 Å². The van der Waals surface area contributed by atoms with Gasteiger partial charge in [0, 0.05) is 31.4 Å². The van der Waals surface area contributed by atoms with E-state index in [-0.39, 0.29) is 0 Å². The van der Waals surface area contributed by atoms with Gasteiger partial charge in [-0.05, 0) is 12.0 Å². The summed E-state index contributed by atoms with van der Waals surface area (Å²) in [6.07, 6.45) is 1.06. The van der Waals surface area contributed by atoms with Crippen molar-refractivity contribution in [1.29, 1.82) is 0 Å². The number of benzene rings is 1. The van der Waals surface area contributed by atoms with E-state index in [9.17, 15) is 0 Å². The van der Waals surface area contributed by atoms with Gasteiger partial charge in [0.05, 0.1) is 0 Å². The molecule has 3 heteroatoms. The van der Waals surface area contributed by atoms with Gasteiger partial charge < -0.3 is 4.90 Å². The van der Waals surface area contributed by atoms with Crippen molar-refractivity contribution in [3.8, 4) is 0 Å². The molecule has 84 valence electrons. The molecule has 0 atom stereocenters. The second kappa shape index (κ2) is 7.98. The maximum absolute atomic E-state index is 5.73. The number of halogens is 2. The van der Waals surface area contributed by atoms with Crippen LogP contribution >= 0.6 is 23.2 Å². The van der Waals surface area contributed by atoms with Crippen molar-refractivity contribution in [3.63, 3.8) is 0 Å². The first kappa shape index (κ1) is 12.8. The summed E-state index contributed by atoms with van der Waals surface area (Å²) in [5.74, 6) is 1.34. The standard InChI is InChI=1S/C12H17Cl2N/c13-7-10-15(11-8-14)9-6-12-4-2-1-3-5-12/h1-5H,6-11H2. The Kier molecular flexibility index (Phi) is 6.82. The molecule has 0 aliphatic carbocycles. The predicted octanol–water partition coefficient (Wildman–Crippen LogP) is 3.01. The first-order valence-corrected chi connectivity index (χ1v) is 6.32. The third-order valence-corrected chi connectivity index (χ3v) is 2.70. The Morgan fingerprint density at radius 1 is 0.867 bits per heavy atom. The van der Waals surface area contributed by atoms with Gasteiger partial charge in [-0.2, -0.15) is 0 Å². The molecule has 0 aliphatic rings. The van der Waals surface area contributed by atoms with Gasteiger partial charge in [-0.15, -0.1) is 23.2 Å². The lowest BCUT2D eigenvalue weighted by Crippen LogP contribution is -2.30. The zero-order valence-corrected chi connectivity index (χ0v) is 10.3. The summed E-state index contributed by atoms with van der Waals surface area (Å²) in [5.41, 5.74) is 1.37. The number of hydrogen-bond acceptors (Lipinski definition) is 1. The van der Waals surface area contributed by atoms with Crippen LogP contribution in [0.2, 0.25) is 0 Å². The van der Waals surface area contributed by atoms with E-state index in [1.165, 1.54) is 5.56 Å². The summed E-state index contributed by atoms with van der Waals surface area (Å²) < 4.78 is 0. The third kappa shape index (κ3) is 5.41. The number of nitrogens with zero attached hydrogens (tertiary/aromatic N) is 1. The van der Waals surface area contributed by atoms with Gasteiger partial charge >= 0.3 is 0 Å². The minimum absolute atomic E-state index is 0.672. The van der Waals surface area contributed by atoms with Crippen molar-refractivity contribution >= 4 is 23.2 Å². The van der Waals surface area contributed by atoms with Gasteiger partial charge in [0.2, 0.25) is 0 Å². The summed E-state index contributed by atoms with van der Waals surface area (Å²) in [4.78, 5) is 2.30. The molecule has 0 heterocycles. The Morgan fingerprint density at radius 3 is 2.00 bits per heavy atom. The smallest absolute Gasteiger partial charge is 0.0351 e. The maximum Gasteiger partial charge on any atom is 0.0351 e. The van der Waals surface area contributed by atoms with Gasteiger partial charge in [0.15, 0.2) is 0 Å². The van der Waals surface area contributed by atoms with Gasteiger partial charge in [-0.25, -0.2) is 0 Å². The Bertz CT molecular complexity index is 245. The molecule has 0 bridgehead atoms. The summed E-state index contributed by atoms with van der Waals surface area (Å²) in [5, 5.41) is 0. The van der Waals surface area contributed by atoms with E-state index in [1.807, 2.05) is 6.07 Å². The normalized spacial score (nSPS) is 10.9. The molecule has 0 spiro atoms. The fraction of sp³-hybridized carbons (Fsp3) is 0.500. The van der Waals surface area contributed by atoms with Crippen LogP contribution in [0.3, 0.4) is 0 Å². The van der Waals surface area contributed by atoms with E-state index in [4.69, 9.17) is 23.2 Å². The van der Waals surface area contributed by atoms with Crippen molar-refractivity contribution in [1.82, 2.24) is 4.90 Å². The van der Waals surface area contributed by atoms with Crippen LogP contribution in [-0.4, -0.2) is 36.3 Å². The molecule has 0 aliphatic heterocycles. The van der Waals surface area contributed by atoms with Crippen LogP contribution in [0.15, 0.2) is 30.3 Å². The van der Waals surface area contributed by atoms with E-state index in [1.54, 1.807) is 0 Å². The molecule has 0 fully saturated rings. The zero-order chi connectivity index (χ0) is 10.9. The molecule has 0 amide bonds. The molecule has 0 saturated carbocycles. The van der Waals surface area contributed by atoms with E-state index >= 15 is 0 Å². The summed E-state index contributed by atoms with van der Waals surface area (Å²) >= 11 is 11.5. The van der Waals surface area contributed by atoms with Crippen LogP contribution in [-0.2, 0) is 6.42 Å². The molecule has 1 nitrogen and oxygen atoms in total. The Balaban J connectivity index is 2.33. The lowest BCUT2D eigenvalue weighted by Gasteiger charge is -2.19. The third-order valence-electron chi connectivity index (χ3n) is 2.36. The molecule has 1 aromatic rings. The quantitative estimate of drug-likeness (QED) is 0.668. The first-order chi connectivity index (χ1) is 7.36. The largest absolute Gasteiger partial charge is 0.301 e. The Morgan fingerprint density at radius 2 is 1.47 bits per heavy atom. The number of rotatable bonds is 7. The van der Waals surface area contributed by atoms with E-state index in [0.29, 0.717) is 11.8 Å². The van der Waals surface area contributed by atoms with Crippen molar-refractivity contribution in [2.45, 2.75) is 6.42 Å². The van der Waals surface area contributed by atoms with Gasteiger partial charge in [-0.3, -0.25) is 0 Å². The number of hydrogen-bond donors (Lipinski definition) is 0. The molecule has 0 aromatic heterocycles. The molecular formula is C12H17Cl2N. The highest BCUT2D eigenvalue weighted by molar-refractivity contribution is 6.18. The molecule has 0 radical (unpaired) electrons. The Labute approximate surface area is 102 Å². The average Bonchev–Trinajstić information content (AvgIpc) is 2.28. The Hall–Kier alpha value is -0.240. The highest BCUT2D eigenvalue weighted by Gasteiger charge is 2.03. The first-order valence-electron chi connectivity index (χ1n) is 5.25. The molecule has 1 rings (SSSR count). The van der Waals surface area contributed by atoms with Crippen LogP contribution in [0.1, 0.15) is 5.56 Å². The lowest BCUT2D eigenvalue weighted by atomic mass is 10.1. The van der Waals surface area contributed by atoms with Crippen LogP contribution in [0, 0.1) is 0 Å². The van der Waals surface area contributed by atoms with Crippen LogP contribution < -0.4 is 0 Å². The van der Waals surface area contributed by atoms with Crippen LogP contribution in [0.5, 0.6) is 0 Å². The minimum atomic E-state index is 0.672. The number of alkyl halides is 2. The molecule has 0 unspecified atom stereocenters. The van der Waals surface area contributed by atoms with E-state index in [2.05, 4.69) is 29.2 Å². The predicted molar refractivity (Wildman–Crippen MR) is 68.0 cm³/mol. The monoisotopic (exact) mass is 245 g/mol. The minimum Gasteiger partial charge on any atom is -0.301 e. The fourth-order valence-electron chi connectivity index (χ4n) is 1.51. The van der Waals surface area contributed by atoms with Crippen molar-refractivity contribution < 1.29 is 0 Å². The SMILES string of the molecule is ClCCN(CCCl)CCc1ccccc1. The highest BCUT2D eigenvalue weighted by atomic mass is 35.5. The second-order valence-electron chi connectivity index (χ2n) is 3.46. The zero-order valence-electron chi connectivity index (χ0n) is 8.83. The second-order valence-corrected chi connectivity index (χ2v) is 4.21. The molecule has 0 N–H and O–H groups in total. The van der Waals surface area contributed by atoms with Crippen molar-refractivity contribution in [3.05, 3.63) is 35.9 Å².